The first-order valence-electron chi connectivity index (χ1n) is 8.26. The highest BCUT2D eigenvalue weighted by molar-refractivity contribution is 6.04. The number of methoxy groups -OCH3 is 1. The van der Waals surface area contributed by atoms with Gasteiger partial charge in [-0.3, -0.25) is 9.59 Å². The third-order valence-corrected chi connectivity index (χ3v) is 3.43. The van der Waals surface area contributed by atoms with Gasteiger partial charge >= 0.3 is 0 Å². The molecule has 2 amide bonds. The Hall–Kier alpha value is -3.10. The molecule has 8 nitrogen and oxygen atoms in total. The molecule has 0 bridgehead atoms. The van der Waals surface area contributed by atoms with E-state index in [9.17, 15) is 9.59 Å². The van der Waals surface area contributed by atoms with Crippen molar-refractivity contribution in [1.29, 1.82) is 0 Å². The van der Waals surface area contributed by atoms with Gasteiger partial charge in [0.25, 0.3) is 11.8 Å². The van der Waals surface area contributed by atoms with Crippen molar-refractivity contribution in [1.82, 2.24) is 5.32 Å². The fourth-order valence-electron chi connectivity index (χ4n) is 2.07. The van der Waals surface area contributed by atoms with Crippen molar-refractivity contribution in [3.63, 3.8) is 0 Å². The molecule has 0 aliphatic heterocycles. The van der Waals surface area contributed by atoms with E-state index < -0.39 is 12.6 Å². The zero-order chi connectivity index (χ0) is 19.5. The van der Waals surface area contributed by atoms with E-state index in [1.165, 1.54) is 0 Å². The number of nitrogens with one attached hydrogen (secondary N) is 2. The number of benzene rings is 2. The SMILES string of the molecule is COCCOc1ccc(C(=O)Nc2ccc(OCC(=O)NCO)cc2)cc1. The summed E-state index contributed by atoms with van der Waals surface area (Å²) in [7, 11) is 1.60. The Morgan fingerprint density at radius 3 is 2.19 bits per heavy atom. The molecular weight excluding hydrogens is 352 g/mol. The van der Waals surface area contributed by atoms with Gasteiger partial charge in [0.2, 0.25) is 0 Å². The van der Waals surface area contributed by atoms with Crippen LogP contribution in [0.15, 0.2) is 48.5 Å². The highest BCUT2D eigenvalue weighted by Gasteiger charge is 2.07. The summed E-state index contributed by atoms with van der Waals surface area (Å²) in [6, 6.07) is 13.4. The van der Waals surface area contributed by atoms with Gasteiger partial charge in [-0.2, -0.15) is 0 Å². The predicted octanol–water partition coefficient (Wildman–Crippen LogP) is 1.41. The molecule has 144 valence electrons. The van der Waals surface area contributed by atoms with E-state index in [4.69, 9.17) is 19.3 Å². The lowest BCUT2D eigenvalue weighted by molar-refractivity contribution is -0.124. The molecule has 0 aliphatic rings. The van der Waals surface area contributed by atoms with Crippen molar-refractivity contribution in [2.75, 3.05) is 39.0 Å². The van der Waals surface area contributed by atoms with Crippen LogP contribution in [0.3, 0.4) is 0 Å². The van der Waals surface area contributed by atoms with E-state index in [0.717, 1.165) is 0 Å². The van der Waals surface area contributed by atoms with E-state index in [1.807, 2.05) is 0 Å². The van der Waals surface area contributed by atoms with Crippen LogP contribution in [0.4, 0.5) is 5.69 Å². The molecule has 0 fully saturated rings. The van der Waals surface area contributed by atoms with Crippen molar-refractivity contribution < 1.29 is 28.9 Å². The molecule has 0 atom stereocenters. The lowest BCUT2D eigenvalue weighted by atomic mass is 10.2. The number of rotatable bonds is 10. The average Bonchev–Trinajstić information content (AvgIpc) is 2.68. The molecule has 0 saturated heterocycles. The van der Waals surface area contributed by atoms with Crippen LogP contribution >= 0.6 is 0 Å². The Balaban J connectivity index is 1.85. The number of carbonyl (C=O) groups is 2. The van der Waals surface area contributed by atoms with Gasteiger partial charge in [-0.05, 0) is 48.5 Å². The Kier molecular flexibility index (Phi) is 8.08. The molecule has 2 aromatic rings. The molecule has 0 radical (unpaired) electrons. The molecule has 0 saturated carbocycles. The van der Waals surface area contributed by atoms with Crippen molar-refractivity contribution in [3.05, 3.63) is 54.1 Å². The zero-order valence-electron chi connectivity index (χ0n) is 14.9. The smallest absolute Gasteiger partial charge is 0.259 e. The van der Waals surface area contributed by atoms with Gasteiger partial charge in [0.1, 0.15) is 24.8 Å². The first kappa shape index (κ1) is 20.2. The summed E-state index contributed by atoms with van der Waals surface area (Å²) in [5.74, 6) is 0.452. The molecule has 0 unspecified atom stereocenters. The predicted molar refractivity (Wildman–Crippen MR) is 98.9 cm³/mol. The fourth-order valence-corrected chi connectivity index (χ4v) is 2.07. The van der Waals surface area contributed by atoms with Crippen LogP contribution in [0.5, 0.6) is 11.5 Å². The molecule has 0 aromatic heterocycles. The first-order valence-corrected chi connectivity index (χ1v) is 8.26. The summed E-state index contributed by atoms with van der Waals surface area (Å²) in [5, 5.41) is 13.6. The molecule has 0 spiro atoms. The lowest BCUT2D eigenvalue weighted by Crippen LogP contribution is -2.29. The minimum Gasteiger partial charge on any atom is -0.491 e. The Bertz CT molecular complexity index is 731. The molecule has 8 heteroatoms. The number of aliphatic hydroxyl groups is 1. The lowest BCUT2D eigenvalue weighted by Gasteiger charge is -2.09. The number of amides is 2. The quantitative estimate of drug-likeness (QED) is 0.429. The third kappa shape index (κ3) is 6.96. The van der Waals surface area contributed by atoms with E-state index >= 15 is 0 Å². The van der Waals surface area contributed by atoms with E-state index in [2.05, 4.69) is 10.6 Å². The number of hydrogen-bond donors (Lipinski definition) is 3. The highest BCUT2D eigenvalue weighted by atomic mass is 16.5. The molecule has 2 aromatic carbocycles. The second kappa shape index (κ2) is 10.8. The second-order valence-electron chi connectivity index (χ2n) is 5.39. The van der Waals surface area contributed by atoms with Crippen LogP contribution in [0.25, 0.3) is 0 Å². The molecule has 2 rings (SSSR count). The van der Waals surface area contributed by atoms with Crippen molar-refractivity contribution in [2.24, 2.45) is 0 Å². The maximum Gasteiger partial charge on any atom is 0.259 e. The van der Waals surface area contributed by atoms with Gasteiger partial charge in [0.05, 0.1) is 6.61 Å². The summed E-state index contributed by atoms with van der Waals surface area (Å²) < 4.78 is 15.6. The van der Waals surface area contributed by atoms with Crippen molar-refractivity contribution in [3.8, 4) is 11.5 Å². The van der Waals surface area contributed by atoms with Crippen LogP contribution < -0.4 is 20.1 Å². The maximum absolute atomic E-state index is 12.3. The monoisotopic (exact) mass is 374 g/mol. The Labute approximate surface area is 157 Å². The number of carbonyl (C=O) groups excluding carboxylic acids is 2. The minimum atomic E-state index is -0.437. The van der Waals surface area contributed by atoms with Crippen LogP contribution in [0.2, 0.25) is 0 Å². The standard InChI is InChI=1S/C19H22N2O6/c1-25-10-11-26-16-6-2-14(3-7-16)19(24)21-15-4-8-17(9-5-15)27-12-18(23)20-13-22/h2-9,22H,10-13H2,1H3,(H,20,23)(H,21,24). The number of aliphatic hydroxyl groups excluding tert-OH is 1. The summed E-state index contributed by atoms with van der Waals surface area (Å²) in [4.78, 5) is 23.5. The normalized spacial score (nSPS) is 10.1. The van der Waals surface area contributed by atoms with E-state index in [1.54, 1.807) is 55.6 Å². The summed E-state index contributed by atoms with van der Waals surface area (Å²) >= 11 is 0. The van der Waals surface area contributed by atoms with Gasteiger partial charge in [-0.1, -0.05) is 0 Å². The van der Waals surface area contributed by atoms with Crippen molar-refractivity contribution in [2.45, 2.75) is 0 Å². The fraction of sp³-hybridized carbons (Fsp3) is 0.263. The van der Waals surface area contributed by atoms with Crippen LogP contribution in [0, 0.1) is 0 Å². The summed E-state index contributed by atoms with van der Waals surface area (Å²) in [6.07, 6.45) is 0. The third-order valence-electron chi connectivity index (χ3n) is 3.43. The first-order chi connectivity index (χ1) is 13.1. The number of ether oxygens (including phenoxy) is 3. The van der Waals surface area contributed by atoms with Gasteiger partial charge < -0.3 is 30.0 Å². The molecule has 0 aliphatic carbocycles. The van der Waals surface area contributed by atoms with Crippen LogP contribution in [0.1, 0.15) is 10.4 Å². The van der Waals surface area contributed by atoms with Gasteiger partial charge in [-0.25, -0.2) is 0 Å². The number of hydrogen-bond acceptors (Lipinski definition) is 6. The molecular formula is C19H22N2O6. The van der Waals surface area contributed by atoms with Gasteiger partial charge in [0.15, 0.2) is 6.61 Å². The second-order valence-corrected chi connectivity index (χ2v) is 5.39. The van der Waals surface area contributed by atoms with Crippen molar-refractivity contribution >= 4 is 17.5 Å². The maximum atomic E-state index is 12.3. The van der Waals surface area contributed by atoms with E-state index in [-0.39, 0.29) is 12.5 Å². The van der Waals surface area contributed by atoms with Gasteiger partial charge in [-0.15, -0.1) is 0 Å². The number of anilines is 1. The van der Waals surface area contributed by atoms with Crippen LogP contribution in [-0.2, 0) is 9.53 Å². The summed E-state index contributed by atoms with van der Waals surface area (Å²) in [5.41, 5.74) is 1.09. The Morgan fingerprint density at radius 1 is 0.926 bits per heavy atom. The highest BCUT2D eigenvalue weighted by Crippen LogP contribution is 2.17. The van der Waals surface area contributed by atoms with Crippen LogP contribution in [-0.4, -0.2) is 50.6 Å². The average molecular weight is 374 g/mol. The minimum absolute atomic E-state index is 0.203. The zero-order valence-corrected chi connectivity index (χ0v) is 14.9. The summed E-state index contributed by atoms with van der Waals surface area (Å²) in [6.45, 7) is 0.296. The molecule has 27 heavy (non-hydrogen) atoms. The van der Waals surface area contributed by atoms with E-state index in [0.29, 0.717) is 36.0 Å². The topological polar surface area (TPSA) is 106 Å². The molecule has 3 N–H and O–H groups in total. The molecule has 0 heterocycles. The largest absolute Gasteiger partial charge is 0.491 e. The Morgan fingerprint density at radius 2 is 1.56 bits per heavy atom. The van der Waals surface area contributed by atoms with Gasteiger partial charge in [0, 0.05) is 18.4 Å².